The van der Waals surface area contributed by atoms with E-state index >= 15 is 0 Å². The number of anilines is 3. The number of ether oxygens (including phenoxy) is 1. The summed E-state index contributed by atoms with van der Waals surface area (Å²) in [5.74, 6) is 0.834. The van der Waals surface area contributed by atoms with Crippen molar-refractivity contribution in [1.29, 1.82) is 0 Å². The number of hydrogen-bond donors (Lipinski definition) is 2. The van der Waals surface area contributed by atoms with Gasteiger partial charge in [0.15, 0.2) is 5.58 Å². The van der Waals surface area contributed by atoms with Crippen molar-refractivity contribution in [2.75, 3.05) is 11.1 Å². The lowest BCUT2D eigenvalue weighted by molar-refractivity contribution is 0.242. The summed E-state index contributed by atoms with van der Waals surface area (Å²) in [6.45, 7) is 3.99. The monoisotopic (exact) mass is 283 g/mol. The number of fused-ring (bicyclic) bond motifs is 1. The first-order valence-corrected chi connectivity index (χ1v) is 6.80. The number of nitrogen functional groups attached to an aromatic ring is 1. The second kappa shape index (κ2) is 5.36. The van der Waals surface area contributed by atoms with E-state index < -0.39 is 0 Å². The predicted octanol–water partition coefficient (Wildman–Crippen LogP) is 3.94. The van der Waals surface area contributed by atoms with E-state index in [0.29, 0.717) is 17.3 Å². The Morgan fingerprint density at radius 3 is 2.62 bits per heavy atom. The van der Waals surface area contributed by atoms with Gasteiger partial charge in [0.1, 0.15) is 11.3 Å². The second-order valence-electron chi connectivity index (χ2n) is 5.06. The van der Waals surface area contributed by atoms with E-state index in [1.54, 1.807) is 12.1 Å². The van der Waals surface area contributed by atoms with Crippen LogP contribution in [-0.4, -0.2) is 11.1 Å². The molecule has 0 radical (unpaired) electrons. The molecule has 5 nitrogen and oxygen atoms in total. The van der Waals surface area contributed by atoms with Crippen molar-refractivity contribution in [3.8, 4) is 5.75 Å². The summed E-state index contributed by atoms with van der Waals surface area (Å²) in [4.78, 5) is 4.35. The smallest absolute Gasteiger partial charge is 0.300 e. The van der Waals surface area contributed by atoms with Crippen molar-refractivity contribution in [1.82, 2.24) is 4.98 Å². The Hall–Kier alpha value is -2.69. The normalized spacial score (nSPS) is 11.0. The lowest BCUT2D eigenvalue weighted by Crippen LogP contribution is -2.05. The lowest BCUT2D eigenvalue weighted by Gasteiger charge is -2.10. The summed E-state index contributed by atoms with van der Waals surface area (Å²) in [5.41, 5.74) is 8.70. The number of nitrogens with zero attached hydrogens (tertiary/aromatic N) is 1. The highest BCUT2D eigenvalue weighted by atomic mass is 16.5. The molecule has 3 N–H and O–H groups in total. The standard InChI is InChI=1S/C16H17N3O2/c1-10(2)20-13-6-4-12(5-7-13)18-16-19-14-9-11(17)3-8-15(14)21-16/h3-10H,17H2,1-2H3,(H,18,19). The Balaban J connectivity index is 1.78. The number of nitrogens with one attached hydrogen (secondary N) is 1. The third-order valence-corrected chi connectivity index (χ3v) is 2.89. The number of aromatic nitrogens is 1. The van der Waals surface area contributed by atoms with E-state index in [9.17, 15) is 0 Å². The van der Waals surface area contributed by atoms with Gasteiger partial charge in [0.2, 0.25) is 0 Å². The van der Waals surface area contributed by atoms with Crippen LogP contribution in [0.3, 0.4) is 0 Å². The molecule has 0 aliphatic heterocycles. The zero-order valence-electron chi connectivity index (χ0n) is 12.0. The molecule has 0 saturated heterocycles. The SMILES string of the molecule is CC(C)Oc1ccc(Nc2nc3cc(N)ccc3o2)cc1. The summed E-state index contributed by atoms with van der Waals surface area (Å²) in [6, 6.07) is 13.5. The molecule has 0 atom stereocenters. The Bertz CT molecular complexity index is 748. The highest BCUT2D eigenvalue weighted by Gasteiger charge is 2.06. The summed E-state index contributed by atoms with van der Waals surface area (Å²) in [5, 5.41) is 3.12. The van der Waals surface area contributed by atoms with Crippen molar-refractivity contribution < 1.29 is 9.15 Å². The average molecular weight is 283 g/mol. The van der Waals surface area contributed by atoms with Crippen LogP contribution in [0.25, 0.3) is 11.1 Å². The van der Waals surface area contributed by atoms with Crippen molar-refractivity contribution in [3.63, 3.8) is 0 Å². The molecule has 5 heteroatoms. The van der Waals surface area contributed by atoms with E-state index in [1.807, 2.05) is 44.2 Å². The van der Waals surface area contributed by atoms with Crippen molar-refractivity contribution in [3.05, 3.63) is 42.5 Å². The van der Waals surface area contributed by atoms with Crippen LogP contribution in [0.1, 0.15) is 13.8 Å². The molecule has 0 aliphatic carbocycles. The fourth-order valence-electron chi connectivity index (χ4n) is 2.01. The summed E-state index contributed by atoms with van der Waals surface area (Å²) < 4.78 is 11.2. The van der Waals surface area contributed by atoms with Crippen LogP contribution in [0.2, 0.25) is 0 Å². The molecule has 2 aromatic carbocycles. The van der Waals surface area contributed by atoms with Gasteiger partial charge in [-0.05, 0) is 56.3 Å². The van der Waals surface area contributed by atoms with Gasteiger partial charge in [0.05, 0.1) is 6.10 Å². The molecule has 0 fully saturated rings. The molecule has 0 aliphatic rings. The predicted molar refractivity (Wildman–Crippen MR) is 83.9 cm³/mol. The van der Waals surface area contributed by atoms with Crippen molar-refractivity contribution in [2.45, 2.75) is 20.0 Å². The van der Waals surface area contributed by atoms with Crippen LogP contribution < -0.4 is 15.8 Å². The molecule has 0 amide bonds. The average Bonchev–Trinajstić information content (AvgIpc) is 2.82. The molecular weight excluding hydrogens is 266 g/mol. The molecule has 1 heterocycles. The molecule has 21 heavy (non-hydrogen) atoms. The largest absolute Gasteiger partial charge is 0.491 e. The lowest BCUT2D eigenvalue weighted by atomic mass is 10.3. The first-order chi connectivity index (χ1) is 10.1. The number of hydrogen-bond acceptors (Lipinski definition) is 5. The fraction of sp³-hybridized carbons (Fsp3) is 0.188. The van der Waals surface area contributed by atoms with Crippen molar-refractivity contribution in [2.24, 2.45) is 0 Å². The summed E-state index contributed by atoms with van der Waals surface area (Å²) in [6.07, 6.45) is 0.159. The Morgan fingerprint density at radius 2 is 1.90 bits per heavy atom. The maximum Gasteiger partial charge on any atom is 0.300 e. The molecular formula is C16H17N3O2. The van der Waals surface area contributed by atoms with Gasteiger partial charge < -0.3 is 20.2 Å². The first kappa shape index (κ1) is 13.3. The van der Waals surface area contributed by atoms with Crippen LogP contribution in [0.4, 0.5) is 17.4 Å². The fourth-order valence-corrected chi connectivity index (χ4v) is 2.01. The minimum absolute atomic E-state index is 0.159. The van der Waals surface area contributed by atoms with Gasteiger partial charge in [-0.1, -0.05) is 0 Å². The maximum atomic E-state index is 5.73. The summed E-state index contributed by atoms with van der Waals surface area (Å²) in [7, 11) is 0. The topological polar surface area (TPSA) is 73.3 Å². The molecule has 0 spiro atoms. The quantitative estimate of drug-likeness (QED) is 0.709. The van der Waals surface area contributed by atoms with Gasteiger partial charge >= 0.3 is 0 Å². The zero-order chi connectivity index (χ0) is 14.8. The minimum atomic E-state index is 0.159. The second-order valence-corrected chi connectivity index (χ2v) is 5.06. The molecule has 3 rings (SSSR count). The molecule has 1 aromatic heterocycles. The first-order valence-electron chi connectivity index (χ1n) is 6.80. The minimum Gasteiger partial charge on any atom is -0.491 e. The van der Waals surface area contributed by atoms with E-state index in [0.717, 1.165) is 17.0 Å². The molecule has 0 saturated carbocycles. The Kier molecular flexibility index (Phi) is 3.39. The van der Waals surface area contributed by atoms with Crippen molar-refractivity contribution >= 4 is 28.5 Å². The van der Waals surface area contributed by atoms with Gasteiger partial charge in [-0.25, -0.2) is 0 Å². The highest BCUT2D eigenvalue weighted by molar-refractivity contribution is 5.78. The number of nitrogens with two attached hydrogens (primary N) is 1. The van der Waals surface area contributed by atoms with Crippen LogP contribution in [0, 0.1) is 0 Å². The highest BCUT2D eigenvalue weighted by Crippen LogP contribution is 2.24. The van der Waals surface area contributed by atoms with E-state index in [-0.39, 0.29) is 6.10 Å². The van der Waals surface area contributed by atoms with Crippen LogP contribution in [-0.2, 0) is 0 Å². The summed E-state index contributed by atoms with van der Waals surface area (Å²) >= 11 is 0. The number of benzene rings is 2. The van der Waals surface area contributed by atoms with E-state index in [2.05, 4.69) is 10.3 Å². The third kappa shape index (κ3) is 3.08. The van der Waals surface area contributed by atoms with Gasteiger partial charge in [0, 0.05) is 11.4 Å². The zero-order valence-corrected chi connectivity index (χ0v) is 12.0. The van der Waals surface area contributed by atoms with Crippen LogP contribution in [0.15, 0.2) is 46.9 Å². The Labute approximate surface area is 122 Å². The molecule has 108 valence electrons. The Morgan fingerprint density at radius 1 is 1.14 bits per heavy atom. The number of oxazole rings is 1. The molecule has 0 bridgehead atoms. The van der Waals surface area contributed by atoms with Gasteiger partial charge in [0.25, 0.3) is 6.01 Å². The van der Waals surface area contributed by atoms with Gasteiger partial charge in [-0.15, -0.1) is 0 Å². The number of rotatable bonds is 4. The molecule has 0 unspecified atom stereocenters. The third-order valence-electron chi connectivity index (χ3n) is 2.89. The van der Waals surface area contributed by atoms with Crippen LogP contribution >= 0.6 is 0 Å². The van der Waals surface area contributed by atoms with E-state index in [1.165, 1.54) is 0 Å². The maximum absolute atomic E-state index is 5.73. The molecule has 3 aromatic rings. The van der Waals surface area contributed by atoms with Crippen LogP contribution in [0.5, 0.6) is 5.75 Å². The van der Waals surface area contributed by atoms with Gasteiger partial charge in [-0.3, -0.25) is 0 Å². The van der Waals surface area contributed by atoms with Gasteiger partial charge in [-0.2, -0.15) is 4.98 Å². The van der Waals surface area contributed by atoms with E-state index in [4.69, 9.17) is 14.9 Å².